The van der Waals surface area contributed by atoms with Gasteiger partial charge in [-0.15, -0.1) is 0 Å². The molecule has 1 aliphatic heterocycles. The van der Waals surface area contributed by atoms with Crippen LogP contribution in [0.15, 0.2) is 24.5 Å². The summed E-state index contributed by atoms with van der Waals surface area (Å²) in [4.78, 5) is 27.4. The van der Waals surface area contributed by atoms with Gasteiger partial charge in [0.05, 0.1) is 20.1 Å². The third-order valence-corrected chi connectivity index (χ3v) is 3.31. The molecule has 1 aromatic rings. The van der Waals surface area contributed by atoms with Crippen molar-refractivity contribution in [2.45, 2.75) is 18.5 Å². The second kappa shape index (κ2) is 5.79. The van der Waals surface area contributed by atoms with Gasteiger partial charge in [-0.05, 0) is 18.1 Å². The summed E-state index contributed by atoms with van der Waals surface area (Å²) in [6, 6.07) is 2.86. The van der Waals surface area contributed by atoms with Crippen molar-refractivity contribution >= 4 is 11.9 Å². The summed E-state index contributed by atoms with van der Waals surface area (Å²) >= 11 is 0. The van der Waals surface area contributed by atoms with Crippen LogP contribution in [0, 0.1) is 5.92 Å². The van der Waals surface area contributed by atoms with Crippen LogP contribution in [-0.2, 0) is 19.1 Å². The highest BCUT2D eigenvalue weighted by Crippen LogP contribution is 2.33. The fourth-order valence-corrected chi connectivity index (χ4v) is 2.37. The van der Waals surface area contributed by atoms with E-state index in [1.165, 1.54) is 14.2 Å². The van der Waals surface area contributed by atoms with Gasteiger partial charge in [-0.3, -0.25) is 19.9 Å². The van der Waals surface area contributed by atoms with Gasteiger partial charge in [0.1, 0.15) is 6.04 Å². The fraction of sp³-hybridized carbons (Fsp3) is 0.462. The standard InChI is InChI=1S/C13H16N2O4/c1-18-12(16)9-6-10(13(17)19-2)15-11(9)8-4-3-5-14-7-8/h3-5,7,9-11,15H,6H2,1-2H3/t9-,10-,11-/m1/s1. The van der Waals surface area contributed by atoms with Gasteiger partial charge in [-0.2, -0.15) is 0 Å². The number of hydrogen-bond acceptors (Lipinski definition) is 6. The lowest BCUT2D eigenvalue weighted by atomic mass is 9.94. The van der Waals surface area contributed by atoms with Crippen LogP contribution in [0.3, 0.4) is 0 Å². The molecule has 0 unspecified atom stereocenters. The molecular weight excluding hydrogens is 248 g/mol. The van der Waals surface area contributed by atoms with Crippen LogP contribution in [0.1, 0.15) is 18.0 Å². The van der Waals surface area contributed by atoms with E-state index in [0.717, 1.165) is 5.56 Å². The van der Waals surface area contributed by atoms with Crippen molar-refractivity contribution in [3.05, 3.63) is 30.1 Å². The van der Waals surface area contributed by atoms with Gasteiger partial charge >= 0.3 is 11.9 Å². The summed E-state index contributed by atoms with van der Waals surface area (Å²) in [5, 5.41) is 3.11. The van der Waals surface area contributed by atoms with Gasteiger partial charge in [0, 0.05) is 18.4 Å². The van der Waals surface area contributed by atoms with Gasteiger partial charge in [0.15, 0.2) is 0 Å². The first-order valence-corrected chi connectivity index (χ1v) is 5.99. The molecule has 0 radical (unpaired) electrons. The molecule has 0 amide bonds. The van der Waals surface area contributed by atoms with Crippen molar-refractivity contribution < 1.29 is 19.1 Å². The molecule has 1 fully saturated rings. The Kier molecular flexibility index (Phi) is 4.11. The Balaban J connectivity index is 2.24. The zero-order valence-electron chi connectivity index (χ0n) is 10.8. The first-order chi connectivity index (χ1) is 9.17. The van der Waals surface area contributed by atoms with E-state index in [9.17, 15) is 9.59 Å². The number of ether oxygens (including phenoxy) is 2. The predicted molar refractivity (Wildman–Crippen MR) is 66.0 cm³/mol. The second-order valence-corrected chi connectivity index (χ2v) is 4.37. The molecule has 102 valence electrons. The minimum atomic E-state index is -0.501. The number of nitrogens with zero attached hydrogens (tertiary/aromatic N) is 1. The molecule has 0 saturated carbocycles. The maximum atomic E-state index is 11.8. The Hall–Kier alpha value is -1.95. The van der Waals surface area contributed by atoms with Gasteiger partial charge in [0.25, 0.3) is 0 Å². The first-order valence-electron chi connectivity index (χ1n) is 5.99. The van der Waals surface area contributed by atoms with E-state index in [0.29, 0.717) is 6.42 Å². The number of carbonyl (C=O) groups is 2. The average molecular weight is 264 g/mol. The maximum Gasteiger partial charge on any atom is 0.322 e. The topological polar surface area (TPSA) is 77.5 Å². The van der Waals surface area contributed by atoms with Crippen LogP contribution in [0.5, 0.6) is 0 Å². The Labute approximate surface area is 111 Å². The number of carbonyl (C=O) groups excluding carboxylic acids is 2. The van der Waals surface area contributed by atoms with E-state index in [1.54, 1.807) is 18.5 Å². The number of pyridine rings is 1. The third kappa shape index (κ3) is 2.73. The number of aromatic nitrogens is 1. The van der Waals surface area contributed by atoms with E-state index in [-0.39, 0.29) is 18.0 Å². The van der Waals surface area contributed by atoms with Gasteiger partial charge < -0.3 is 9.47 Å². The van der Waals surface area contributed by atoms with Gasteiger partial charge in [-0.25, -0.2) is 0 Å². The maximum absolute atomic E-state index is 11.8. The number of nitrogens with one attached hydrogen (secondary N) is 1. The Bertz CT molecular complexity index is 463. The van der Waals surface area contributed by atoms with Crippen LogP contribution in [0.25, 0.3) is 0 Å². The molecule has 0 bridgehead atoms. The smallest absolute Gasteiger partial charge is 0.322 e. The highest BCUT2D eigenvalue weighted by atomic mass is 16.5. The number of rotatable bonds is 3. The van der Waals surface area contributed by atoms with Crippen LogP contribution < -0.4 is 5.32 Å². The zero-order valence-corrected chi connectivity index (χ0v) is 10.8. The quantitative estimate of drug-likeness (QED) is 0.799. The largest absolute Gasteiger partial charge is 0.469 e. The molecule has 2 heterocycles. The highest BCUT2D eigenvalue weighted by Gasteiger charge is 2.43. The third-order valence-electron chi connectivity index (χ3n) is 3.31. The minimum Gasteiger partial charge on any atom is -0.469 e. The molecule has 0 spiro atoms. The van der Waals surface area contributed by atoms with Crippen LogP contribution in [-0.4, -0.2) is 37.2 Å². The molecule has 3 atom stereocenters. The molecule has 0 aromatic carbocycles. The van der Waals surface area contributed by atoms with Crippen LogP contribution in [0.4, 0.5) is 0 Å². The molecule has 1 aromatic heterocycles. The van der Waals surface area contributed by atoms with Crippen LogP contribution in [0.2, 0.25) is 0 Å². The molecular formula is C13H16N2O4. The van der Waals surface area contributed by atoms with Crippen molar-refractivity contribution in [1.82, 2.24) is 10.3 Å². The summed E-state index contributed by atoms with van der Waals surface area (Å²) in [7, 11) is 2.67. The summed E-state index contributed by atoms with van der Waals surface area (Å²) in [6.07, 6.45) is 3.69. The van der Waals surface area contributed by atoms with E-state index < -0.39 is 12.0 Å². The minimum absolute atomic E-state index is 0.287. The average Bonchev–Trinajstić information content (AvgIpc) is 2.91. The Morgan fingerprint density at radius 2 is 2.05 bits per heavy atom. The summed E-state index contributed by atoms with van der Waals surface area (Å²) < 4.78 is 9.51. The Morgan fingerprint density at radius 3 is 2.63 bits per heavy atom. The molecule has 6 heteroatoms. The fourth-order valence-electron chi connectivity index (χ4n) is 2.37. The van der Waals surface area contributed by atoms with E-state index in [2.05, 4.69) is 10.3 Å². The van der Waals surface area contributed by atoms with Crippen molar-refractivity contribution in [2.75, 3.05) is 14.2 Å². The number of methoxy groups -OCH3 is 2. The monoisotopic (exact) mass is 264 g/mol. The molecule has 2 rings (SSSR count). The lowest BCUT2D eigenvalue weighted by Crippen LogP contribution is -2.33. The van der Waals surface area contributed by atoms with E-state index >= 15 is 0 Å². The summed E-state index contributed by atoms with van der Waals surface area (Å²) in [6.45, 7) is 0. The SMILES string of the molecule is COC(=O)[C@H]1C[C@@H](C(=O)OC)[C@@H](c2cccnc2)N1. The van der Waals surface area contributed by atoms with E-state index in [4.69, 9.17) is 9.47 Å². The molecule has 0 aliphatic carbocycles. The molecule has 6 nitrogen and oxygen atoms in total. The normalized spacial score (nSPS) is 25.9. The lowest BCUT2D eigenvalue weighted by molar-refractivity contribution is -0.146. The zero-order chi connectivity index (χ0) is 13.8. The molecule has 1 N–H and O–H groups in total. The van der Waals surface area contributed by atoms with Crippen molar-refractivity contribution in [1.29, 1.82) is 0 Å². The molecule has 1 saturated heterocycles. The number of hydrogen-bond donors (Lipinski definition) is 1. The van der Waals surface area contributed by atoms with Crippen molar-refractivity contribution in [3.8, 4) is 0 Å². The molecule has 19 heavy (non-hydrogen) atoms. The van der Waals surface area contributed by atoms with Gasteiger partial charge in [0.2, 0.25) is 0 Å². The lowest BCUT2D eigenvalue weighted by Gasteiger charge is -2.17. The van der Waals surface area contributed by atoms with Gasteiger partial charge in [-0.1, -0.05) is 6.07 Å². The first kappa shape index (κ1) is 13.5. The number of esters is 2. The summed E-state index contributed by atoms with van der Waals surface area (Å²) in [5.41, 5.74) is 0.851. The highest BCUT2D eigenvalue weighted by molar-refractivity contribution is 5.80. The summed E-state index contributed by atoms with van der Waals surface area (Å²) in [5.74, 6) is -1.13. The van der Waals surface area contributed by atoms with Crippen molar-refractivity contribution in [2.24, 2.45) is 5.92 Å². The van der Waals surface area contributed by atoms with Crippen LogP contribution >= 0.6 is 0 Å². The molecule has 1 aliphatic rings. The predicted octanol–water partition coefficient (Wildman–Crippen LogP) is 0.447. The Morgan fingerprint density at radius 1 is 1.32 bits per heavy atom. The van der Waals surface area contributed by atoms with E-state index in [1.807, 2.05) is 6.07 Å². The second-order valence-electron chi connectivity index (χ2n) is 4.37. The van der Waals surface area contributed by atoms with Crippen molar-refractivity contribution in [3.63, 3.8) is 0 Å².